The number of nitrogens with one attached hydrogen (secondary N) is 1. The number of carboxylic acids is 1. The van der Waals surface area contributed by atoms with Crippen LogP contribution in [-0.4, -0.2) is 70.4 Å². The molecule has 3 rings (SSSR count). The van der Waals surface area contributed by atoms with Crippen LogP contribution in [0.2, 0.25) is 0 Å². The van der Waals surface area contributed by atoms with Crippen molar-refractivity contribution in [2.75, 3.05) is 19.6 Å². The molecular formula is C19H31N3O4. The molecule has 0 radical (unpaired) electrons. The van der Waals surface area contributed by atoms with Gasteiger partial charge >= 0.3 is 5.97 Å². The summed E-state index contributed by atoms with van der Waals surface area (Å²) >= 11 is 0. The third-order valence-electron chi connectivity index (χ3n) is 5.85. The van der Waals surface area contributed by atoms with Gasteiger partial charge in [0, 0.05) is 31.6 Å². The minimum Gasteiger partial charge on any atom is -0.480 e. The Morgan fingerprint density at radius 1 is 1.31 bits per heavy atom. The topological polar surface area (TPSA) is 89.9 Å². The first-order chi connectivity index (χ1) is 12.3. The average molecular weight is 365 g/mol. The molecule has 0 aromatic rings. The maximum absolute atomic E-state index is 12.7. The summed E-state index contributed by atoms with van der Waals surface area (Å²) in [7, 11) is 0. The van der Waals surface area contributed by atoms with Crippen LogP contribution in [0.5, 0.6) is 0 Å². The number of nitrogens with zero attached hydrogens (tertiary/aromatic N) is 2. The van der Waals surface area contributed by atoms with Crippen molar-refractivity contribution >= 4 is 17.8 Å². The Bertz CT molecular complexity index is 555. The number of carbonyl (C=O) groups is 3. The highest BCUT2D eigenvalue weighted by atomic mass is 16.4. The van der Waals surface area contributed by atoms with E-state index >= 15 is 0 Å². The van der Waals surface area contributed by atoms with Gasteiger partial charge < -0.3 is 15.3 Å². The molecule has 0 spiro atoms. The highest BCUT2D eigenvalue weighted by molar-refractivity contribution is 5.89. The summed E-state index contributed by atoms with van der Waals surface area (Å²) in [6, 6.07) is -0.0736. The molecule has 1 saturated heterocycles. The third kappa shape index (κ3) is 4.55. The zero-order valence-electron chi connectivity index (χ0n) is 15.8. The number of carbonyl (C=O) groups excluding carboxylic acids is 2. The smallest absolute Gasteiger partial charge is 0.317 e. The van der Waals surface area contributed by atoms with Gasteiger partial charge in [0.05, 0.1) is 6.54 Å². The Morgan fingerprint density at radius 3 is 2.50 bits per heavy atom. The molecule has 2 N–H and O–H groups in total. The van der Waals surface area contributed by atoms with Crippen LogP contribution in [0, 0.1) is 11.8 Å². The number of likely N-dealkylation sites (tertiary alicyclic amines) is 1. The standard InChI is InChI=1S/C19H31N3O4/c1-12(2)18(22-7-3-4-16(22)23)19(26)20-14-8-15(9-14)21(11-17(24)25)10-13-5-6-13/h12-15,18H,3-11H2,1-2H3,(H,20,26)(H,24,25). The van der Waals surface area contributed by atoms with Gasteiger partial charge in [0.15, 0.2) is 0 Å². The summed E-state index contributed by atoms with van der Waals surface area (Å²) in [5.41, 5.74) is 0. The number of hydrogen-bond acceptors (Lipinski definition) is 4. The van der Waals surface area contributed by atoms with Crippen LogP contribution >= 0.6 is 0 Å². The minimum absolute atomic E-state index is 0.0642. The van der Waals surface area contributed by atoms with E-state index in [4.69, 9.17) is 5.11 Å². The lowest BCUT2D eigenvalue weighted by Crippen LogP contribution is -2.59. The molecule has 2 saturated carbocycles. The van der Waals surface area contributed by atoms with Gasteiger partial charge in [-0.15, -0.1) is 0 Å². The number of aliphatic carboxylic acids is 1. The summed E-state index contributed by atoms with van der Waals surface area (Å²) < 4.78 is 0. The minimum atomic E-state index is -0.787. The van der Waals surface area contributed by atoms with Crippen molar-refractivity contribution in [3.05, 3.63) is 0 Å². The summed E-state index contributed by atoms with van der Waals surface area (Å²) in [6.45, 7) is 5.55. The summed E-state index contributed by atoms with van der Waals surface area (Å²) in [5, 5.41) is 12.2. The van der Waals surface area contributed by atoms with Crippen molar-refractivity contribution in [3.8, 4) is 0 Å². The fourth-order valence-electron chi connectivity index (χ4n) is 4.21. The monoisotopic (exact) mass is 365 g/mol. The maximum Gasteiger partial charge on any atom is 0.317 e. The Labute approximate surface area is 155 Å². The first kappa shape index (κ1) is 19.1. The van der Waals surface area contributed by atoms with Crippen molar-refractivity contribution in [2.24, 2.45) is 11.8 Å². The van der Waals surface area contributed by atoms with Crippen LogP contribution in [-0.2, 0) is 14.4 Å². The lowest BCUT2D eigenvalue weighted by Gasteiger charge is -2.43. The SMILES string of the molecule is CC(C)C(C(=O)NC1CC(N(CC(=O)O)CC2CC2)C1)N1CCCC1=O. The van der Waals surface area contributed by atoms with Crippen LogP contribution in [0.1, 0.15) is 52.4 Å². The van der Waals surface area contributed by atoms with Crippen molar-refractivity contribution < 1.29 is 19.5 Å². The third-order valence-corrected chi connectivity index (χ3v) is 5.85. The van der Waals surface area contributed by atoms with E-state index in [0.717, 1.165) is 25.8 Å². The Balaban J connectivity index is 1.50. The largest absolute Gasteiger partial charge is 0.480 e. The predicted molar refractivity (Wildman–Crippen MR) is 96.5 cm³/mol. The van der Waals surface area contributed by atoms with Crippen molar-refractivity contribution in [2.45, 2.75) is 70.5 Å². The molecular weight excluding hydrogens is 334 g/mol. The molecule has 1 heterocycles. The van der Waals surface area contributed by atoms with Crippen molar-refractivity contribution in [3.63, 3.8) is 0 Å². The molecule has 7 heteroatoms. The second kappa shape index (κ2) is 7.94. The number of carboxylic acid groups (broad SMARTS) is 1. The fourth-order valence-corrected chi connectivity index (χ4v) is 4.21. The second-order valence-electron chi connectivity index (χ2n) is 8.48. The van der Waals surface area contributed by atoms with E-state index in [1.54, 1.807) is 4.90 Å². The molecule has 0 aromatic carbocycles. The van der Waals surface area contributed by atoms with Crippen LogP contribution in [0.3, 0.4) is 0 Å². The Morgan fingerprint density at radius 2 is 2.00 bits per heavy atom. The summed E-state index contributed by atoms with van der Waals surface area (Å²) in [5.74, 6) is -0.0561. The molecule has 1 aliphatic heterocycles. The number of rotatable bonds is 9. The molecule has 2 aliphatic carbocycles. The molecule has 3 fully saturated rings. The quantitative estimate of drug-likeness (QED) is 0.638. The first-order valence-corrected chi connectivity index (χ1v) is 9.90. The number of hydrogen-bond donors (Lipinski definition) is 2. The van der Waals surface area contributed by atoms with Crippen molar-refractivity contribution in [1.29, 1.82) is 0 Å². The normalized spacial score (nSPS) is 26.9. The molecule has 1 atom stereocenters. The number of amides is 2. The zero-order chi connectivity index (χ0) is 18.8. The van der Waals surface area contributed by atoms with E-state index < -0.39 is 12.0 Å². The Kier molecular flexibility index (Phi) is 5.85. The van der Waals surface area contributed by atoms with Gasteiger partial charge in [0.1, 0.15) is 6.04 Å². The molecule has 0 aromatic heterocycles. The highest BCUT2D eigenvalue weighted by Crippen LogP contribution is 2.34. The lowest BCUT2D eigenvalue weighted by molar-refractivity contribution is -0.141. The highest BCUT2D eigenvalue weighted by Gasteiger charge is 2.40. The summed E-state index contributed by atoms with van der Waals surface area (Å²) in [6.07, 6.45) is 5.35. The van der Waals surface area contributed by atoms with Crippen LogP contribution < -0.4 is 5.32 Å². The van der Waals surface area contributed by atoms with Gasteiger partial charge in [-0.25, -0.2) is 0 Å². The van der Waals surface area contributed by atoms with Crippen LogP contribution in [0.4, 0.5) is 0 Å². The van der Waals surface area contributed by atoms with Gasteiger partial charge in [-0.3, -0.25) is 19.3 Å². The molecule has 1 unspecified atom stereocenters. The zero-order valence-corrected chi connectivity index (χ0v) is 15.8. The molecule has 7 nitrogen and oxygen atoms in total. The van der Waals surface area contributed by atoms with Gasteiger partial charge in [0.2, 0.25) is 11.8 Å². The van der Waals surface area contributed by atoms with E-state index in [2.05, 4.69) is 10.2 Å². The predicted octanol–water partition coefficient (Wildman–Crippen LogP) is 1.08. The molecule has 0 bridgehead atoms. The van der Waals surface area contributed by atoms with Crippen LogP contribution in [0.25, 0.3) is 0 Å². The van der Waals surface area contributed by atoms with E-state index in [0.29, 0.717) is 18.9 Å². The molecule has 26 heavy (non-hydrogen) atoms. The Hall–Kier alpha value is -1.63. The van der Waals surface area contributed by atoms with Gasteiger partial charge in [-0.2, -0.15) is 0 Å². The fraction of sp³-hybridized carbons (Fsp3) is 0.842. The van der Waals surface area contributed by atoms with Crippen molar-refractivity contribution in [1.82, 2.24) is 15.1 Å². The van der Waals surface area contributed by atoms with E-state index in [1.165, 1.54) is 12.8 Å². The maximum atomic E-state index is 12.7. The average Bonchev–Trinajstić information content (AvgIpc) is 3.23. The van der Waals surface area contributed by atoms with E-state index in [1.807, 2.05) is 13.8 Å². The first-order valence-electron chi connectivity index (χ1n) is 9.90. The summed E-state index contributed by atoms with van der Waals surface area (Å²) in [4.78, 5) is 39.7. The van der Waals surface area contributed by atoms with E-state index in [-0.39, 0.29) is 36.4 Å². The van der Waals surface area contributed by atoms with Crippen LogP contribution in [0.15, 0.2) is 0 Å². The lowest BCUT2D eigenvalue weighted by atomic mass is 9.84. The molecule has 146 valence electrons. The van der Waals surface area contributed by atoms with Gasteiger partial charge in [0.25, 0.3) is 0 Å². The second-order valence-corrected chi connectivity index (χ2v) is 8.48. The van der Waals surface area contributed by atoms with Gasteiger partial charge in [-0.1, -0.05) is 13.8 Å². The molecule has 2 amide bonds. The van der Waals surface area contributed by atoms with Gasteiger partial charge in [-0.05, 0) is 43.9 Å². The van der Waals surface area contributed by atoms with E-state index in [9.17, 15) is 14.4 Å². The molecule has 3 aliphatic rings.